The van der Waals surface area contributed by atoms with E-state index < -0.39 is 41.7 Å². The second-order valence-electron chi connectivity index (χ2n) is 23.3. The highest BCUT2D eigenvalue weighted by Gasteiger charge is 2.28. The van der Waals surface area contributed by atoms with Gasteiger partial charge in [-0.2, -0.15) is 0 Å². The van der Waals surface area contributed by atoms with E-state index >= 15 is 0 Å². The molecule has 500 valence electrons. The minimum absolute atomic E-state index is 0.0336. The topological polar surface area (TPSA) is 342 Å². The zero-order valence-electron chi connectivity index (χ0n) is 53.2. The Morgan fingerprint density at radius 2 is 1.31 bits per heavy atom. The smallest absolute Gasteiger partial charge is 0.317 e. The van der Waals surface area contributed by atoms with Crippen LogP contribution >= 0.6 is 22.6 Å². The summed E-state index contributed by atoms with van der Waals surface area (Å²) in [6.07, 6.45) is 5.73. The summed E-state index contributed by atoms with van der Waals surface area (Å²) in [7, 11) is 1.61. The van der Waals surface area contributed by atoms with Gasteiger partial charge in [-0.15, -0.1) is 10.2 Å². The maximum Gasteiger partial charge on any atom is 0.317 e. The van der Waals surface area contributed by atoms with Gasteiger partial charge >= 0.3 is 17.9 Å². The number of carboxylic acids is 3. The summed E-state index contributed by atoms with van der Waals surface area (Å²) in [6, 6.07) is 17.9. The first-order valence-corrected chi connectivity index (χ1v) is 32.5. The van der Waals surface area contributed by atoms with Crippen LogP contribution in [0.4, 0.5) is 0 Å². The number of phenolic OH excluding ortho intramolecular Hbond substituents is 2. The monoisotopic (exact) mass is 1380 g/mol. The number of aromatic hydroxyl groups is 2. The van der Waals surface area contributed by atoms with Crippen molar-refractivity contribution in [3.05, 3.63) is 86.7 Å². The summed E-state index contributed by atoms with van der Waals surface area (Å²) in [4.78, 5) is 110. The Balaban J connectivity index is 1.09. The van der Waals surface area contributed by atoms with Crippen molar-refractivity contribution in [1.82, 2.24) is 60.5 Å². The number of likely N-dealkylation sites (tertiary alicyclic amines) is 1. The molecule has 0 bridgehead atoms. The third kappa shape index (κ3) is 26.4. The average Bonchev–Trinajstić information content (AvgIpc) is 1.71. The zero-order valence-corrected chi connectivity index (χ0v) is 55.3. The van der Waals surface area contributed by atoms with Crippen molar-refractivity contribution >= 4 is 70.0 Å². The summed E-state index contributed by atoms with van der Waals surface area (Å²) >= 11 is 2.25. The van der Waals surface area contributed by atoms with Crippen LogP contribution in [0.1, 0.15) is 112 Å². The van der Waals surface area contributed by atoms with Gasteiger partial charge in [-0.05, 0) is 153 Å². The quantitative estimate of drug-likeness (QED) is 0.0223. The number of rotatable bonds is 42. The van der Waals surface area contributed by atoms with Crippen molar-refractivity contribution in [2.75, 3.05) is 125 Å². The van der Waals surface area contributed by atoms with Gasteiger partial charge in [0.15, 0.2) is 5.82 Å². The molecular weight excluding hydrogens is 1290 g/mol. The third-order valence-electron chi connectivity index (χ3n) is 15.8. The van der Waals surface area contributed by atoms with Crippen LogP contribution in [-0.2, 0) is 51.1 Å². The Kier molecular flexibility index (Phi) is 32.0. The molecule has 2 heterocycles. The molecule has 0 saturated carbocycles. The lowest BCUT2D eigenvalue weighted by Crippen LogP contribution is -2.51. The molecule has 0 unspecified atom stereocenters. The van der Waals surface area contributed by atoms with E-state index in [9.17, 15) is 58.8 Å². The van der Waals surface area contributed by atoms with E-state index in [-0.39, 0.29) is 139 Å². The van der Waals surface area contributed by atoms with Gasteiger partial charge in [0.2, 0.25) is 29.5 Å². The second-order valence-corrected chi connectivity index (χ2v) is 24.5. The van der Waals surface area contributed by atoms with E-state index in [0.29, 0.717) is 81.1 Å². The summed E-state index contributed by atoms with van der Waals surface area (Å²) < 4.78 is 8.54. The lowest BCUT2D eigenvalue weighted by atomic mass is 9.90. The summed E-state index contributed by atoms with van der Waals surface area (Å²) in [5.41, 5.74) is 3.77. The van der Waals surface area contributed by atoms with Gasteiger partial charge in [0.05, 0.1) is 51.4 Å². The van der Waals surface area contributed by atoms with Gasteiger partial charge in [-0.25, -0.2) is 0 Å². The van der Waals surface area contributed by atoms with Crippen molar-refractivity contribution in [3.8, 4) is 28.6 Å². The number of phenols is 2. The molecule has 1 atom stereocenters. The molecule has 27 heteroatoms. The fourth-order valence-electron chi connectivity index (χ4n) is 10.7. The highest BCUT2D eigenvalue weighted by Crippen LogP contribution is 2.38. The van der Waals surface area contributed by atoms with E-state index in [1.807, 2.05) is 67.0 Å². The summed E-state index contributed by atoms with van der Waals surface area (Å²) in [5, 5.41) is 69.8. The highest BCUT2D eigenvalue weighted by molar-refractivity contribution is 14.1. The van der Waals surface area contributed by atoms with Gasteiger partial charge in [-0.1, -0.05) is 45.0 Å². The number of piperidine rings is 1. The second kappa shape index (κ2) is 39.2. The van der Waals surface area contributed by atoms with Gasteiger partial charge < -0.3 is 56.4 Å². The molecule has 0 spiro atoms. The Morgan fingerprint density at radius 1 is 0.681 bits per heavy atom. The first-order valence-electron chi connectivity index (χ1n) is 31.4. The van der Waals surface area contributed by atoms with Crippen molar-refractivity contribution in [2.24, 2.45) is 5.92 Å². The first kappa shape index (κ1) is 74.4. The van der Waals surface area contributed by atoms with Crippen LogP contribution in [0.2, 0.25) is 0 Å². The molecule has 9 N–H and O–H groups in total. The number of likely N-dealkylation sites (N-methyl/N-ethyl adjacent to an activating group) is 2. The average molecular weight is 1380 g/mol. The van der Waals surface area contributed by atoms with Gasteiger partial charge in [0.25, 0.3) is 5.91 Å². The number of unbranched alkanes of at least 4 members (excludes halogenated alkanes) is 1. The van der Waals surface area contributed by atoms with Crippen LogP contribution in [0.5, 0.6) is 11.5 Å². The molecule has 1 fully saturated rings. The minimum Gasteiger partial charge on any atom is -0.508 e. The van der Waals surface area contributed by atoms with E-state index in [2.05, 4.69) is 66.2 Å². The molecule has 0 aliphatic carbocycles. The number of aliphatic carboxylic acids is 3. The number of nitrogens with one attached hydrogen (secondary N) is 4. The molecule has 1 aliphatic rings. The van der Waals surface area contributed by atoms with Crippen molar-refractivity contribution in [2.45, 2.75) is 104 Å². The molecule has 1 saturated heterocycles. The largest absolute Gasteiger partial charge is 0.508 e. The minimum atomic E-state index is -1.09. The fourth-order valence-corrected chi connectivity index (χ4v) is 11.0. The van der Waals surface area contributed by atoms with Gasteiger partial charge in [0, 0.05) is 93.7 Å². The Hall–Kier alpha value is -7.31. The number of carbonyl (C=O) groups is 8. The SMILES string of the molecule is CCNC(=O)c1nnc(-c2cc(C(C)C)c(O)cc2O)n1-c1ccc(CC2CCN(C(=O)CCOCCNC(=O)[C@H](CCCCNC(=O)CCCc3ccc(I)cc3)NC(=O)CN(CC)CCN(CCN(CCN(C)CC(=O)O)CC(=O)O)CC(=O)O)CC2)cc1. The number of nitrogens with zero attached hydrogens (tertiary/aromatic N) is 8. The third-order valence-corrected chi connectivity index (χ3v) is 16.5. The van der Waals surface area contributed by atoms with Crippen molar-refractivity contribution in [1.29, 1.82) is 0 Å². The molecular formula is C64H93IN12O14. The van der Waals surface area contributed by atoms with Crippen molar-refractivity contribution < 1.29 is 68.6 Å². The van der Waals surface area contributed by atoms with E-state index in [1.165, 1.54) is 6.07 Å². The fraction of sp³-hybridized carbons (Fsp3) is 0.562. The number of carbonyl (C=O) groups excluding carboxylic acids is 5. The Labute approximate surface area is 546 Å². The van der Waals surface area contributed by atoms with Crippen molar-refractivity contribution in [3.63, 3.8) is 0 Å². The Morgan fingerprint density at radius 3 is 1.92 bits per heavy atom. The van der Waals surface area contributed by atoms with Crippen LogP contribution in [-0.4, -0.2) is 243 Å². The molecule has 5 amide bonds. The number of amides is 5. The number of ether oxygens (including phenoxy) is 1. The summed E-state index contributed by atoms with van der Waals surface area (Å²) in [5.74, 6) is -4.26. The van der Waals surface area contributed by atoms with Crippen LogP contribution in [0.3, 0.4) is 0 Å². The van der Waals surface area contributed by atoms with Gasteiger partial charge in [-0.3, -0.25) is 62.5 Å². The number of benzene rings is 3. The number of carboxylic acid groups (broad SMARTS) is 3. The molecule has 1 aromatic heterocycles. The number of aryl methyl sites for hydroxylation is 1. The molecule has 3 aromatic carbocycles. The van der Waals surface area contributed by atoms with Crippen LogP contribution < -0.4 is 21.3 Å². The van der Waals surface area contributed by atoms with E-state index in [0.717, 1.165) is 40.4 Å². The van der Waals surface area contributed by atoms with Gasteiger partial charge in [0.1, 0.15) is 17.5 Å². The lowest BCUT2D eigenvalue weighted by molar-refractivity contribution is -0.140. The first-order chi connectivity index (χ1) is 43.5. The highest BCUT2D eigenvalue weighted by atomic mass is 127. The zero-order chi connectivity index (χ0) is 66.4. The number of aromatic nitrogens is 3. The van der Waals surface area contributed by atoms with Crippen LogP contribution in [0, 0.1) is 9.49 Å². The molecule has 1 aliphatic heterocycles. The summed E-state index contributed by atoms with van der Waals surface area (Å²) in [6.45, 7) is 10.7. The number of halogens is 1. The number of hydrogen-bond acceptors (Lipinski definition) is 17. The molecule has 0 radical (unpaired) electrons. The number of hydrogen-bond donors (Lipinski definition) is 9. The lowest BCUT2D eigenvalue weighted by Gasteiger charge is -2.32. The Bertz CT molecular complexity index is 3000. The van der Waals surface area contributed by atoms with E-state index in [4.69, 9.17) is 9.84 Å². The standard InChI is InChI=1S/C64H93IN12O14/c1-6-66-64(90)62-71-70-61(51-38-50(44(3)4)53(78)39-54(51)79)77(62)49-20-16-46(17-21-49)37-47-22-27-76(28-23-47)57(82)24-35-91-36-26-68-63(89)52(12-8-9-25-67-55(80)13-10-11-45-14-18-48(65)19-15-45)69-56(81)40-73(7-2)31-32-75(43-60(87)88)34-33-74(42-59(85)86)30-29-72(5)41-58(83)84/h14-21,38-39,44,47,52,78-79H,6-13,22-37,40-43H2,1-5H3,(H,66,90)(H,67,80)(H,68,89)(H,69,81)(H,83,84)(H,85,86)(H,87,88)/t52-/m0/s1. The normalized spacial score (nSPS) is 13.1. The maximum atomic E-state index is 13.7. The predicted molar refractivity (Wildman–Crippen MR) is 350 cm³/mol. The molecule has 26 nitrogen and oxygen atoms in total. The molecule has 91 heavy (non-hydrogen) atoms. The molecule has 4 aromatic rings. The van der Waals surface area contributed by atoms with Crippen LogP contribution in [0.15, 0.2) is 60.7 Å². The molecule has 5 rings (SSSR count). The van der Waals surface area contributed by atoms with Crippen LogP contribution in [0.25, 0.3) is 17.1 Å². The van der Waals surface area contributed by atoms with E-state index in [1.54, 1.807) is 39.3 Å². The predicted octanol–water partition coefficient (Wildman–Crippen LogP) is 4.03. The maximum absolute atomic E-state index is 13.7.